The molecule has 32 heavy (non-hydrogen) atoms. The van der Waals surface area contributed by atoms with Crippen LogP contribution >= 0.6 is 35.0 Å². The van der Waals surface area contributed by atoms with Crippen LogP contribution in [0.2, 0.25) is 10.0 Å². The smallest absolute Gasteiger partial charge is 0.266 e. The quantitative estimate of drug-likeness (QED) is 0.250. The number of hydrogen-bond donors (Lipinski definition) is 1. The predicted molar refractivity (Wildman–Crippen MR) is 132 cm³/mol. The fourth-order valence-corrected chi connectivity index (χ4v) is 5.46. The van der Waals surface area contributed by atoms with Gasteiger partial charge >= 0.3 is 0 Å². The van der Waals surface area contributed by atoms with Crippen molar-refractivity contribution in [1.29, 1.82) is 0 Å². The fourth-order valence-electron chi connectivity index (χ4n) is 4.03. The lowest BCUT2D eigenvalue weighted by atomic mass is 9.95. The molecular formula is C24H25Cl2N3O2S. The monoisotopic (exact) mass is 489 g/mol. The number of carbonyl (C=O) groups excluding carboxylic acids is 1. The molecule has 1 amide bonds. The lowest BCUT2D eigenvalue weighted by Crippen LogP contribution is -2.36. The lowest BCUT2D eigenvalue weighted by molar-refractivity contribution is -0.122. The molecule has 0 bridgehead atoms. The first-order chi connectivity index (χ1) is 15.5. The summed E-state index contributed by atoms with van der Waals surface area (Å²) in [6.07, 6.45) is 6.97. The van der Waals surface area contributed by atoms with Crippen LogP contribution in [-0.4, -0.2) is 27.3 Å². The van der Waals surface area contributed by atoms with Gasteiger partial charge in [0, 0.05) is 23.2 Å². The van der Waals surface area contributed by atoms with Gasteiger partial charge in [-0.1, -0.05) is 66.4 Å². The number of hydrogen-bond acceptors (Lipinski definition) is 4. The Morgan fingerprint density at radius 3 is 2.69 bits per heavy atom. The molecule has 0 atom stereocenters. The molecule has 1 N–H and O–H groups in total. The molecule has 0 radical (unpaired) electrons. The van der Waals surface area contributed by atoms with E-state index in [9.17, 15) is 9.59 Å². The van der Waals surface area contributed by atoms with Crippen LogP contribution < -0.4 is 10.9 Å². The Morgan fingerprint density at radius 2 is 1.91 bits per heavy atom. The van der Waals surface area contributed by atoms with E-state index in [0.29, 0.717) is 56.4 Å². The normalized spacial score (nSPS) is 14.6. The first kappa shape index (κ1) is 23.1. The Balaban J connectivity index is 1.51. The van der Waals surface area contributed by atoms with Crippen molar-refractivity contribution in [3.05, 3.63) is 62.9 Å². The minimum absolute atomic E-state index is 0.0992. The molecule has 1 aliphatic rings. The average Bonchev–Trinajstić information content (AvgIpc) is 2.78. The van der Waals surface area contributed by atoms with E-state index in [2.05, 4.69) is 5.32 Å². The van der Waals surface area contributed by atoms with Crippen molar-refractivity contribution < 1.29 is 4.79 Å². The highest BCUT2D eigenvalue weighted by atomic mass is 35.5. The Morgan fingerprint density at radius 1 is 1.12 bits per heavy atom. The SMILES string of the molecule is O=C(CCCSc1nc2ccccc2c(=O)n1-c1ccc(Cl)cc1Cl)NC1CCCCC1. The Hall–Kier alpha value is -2.02. The molecule has 5 nitrogen and oxygen atoms in total. The number of nitrogens with one attached hydrogen (secondary N) is 1. The maximum atomic E-state index is 13.3. The first-order valence-corrected chi connectivity index (χ1v) is 12.7. The molecule has 1 aromatic heterocycles. The van der Waals surface area contributed by atoms with Gasteiger partial charge in [-0.05, 0) is 49.6 Å². The van der Waals surface area contributed by atoms with Crippen molar-refractivity contribution in [3.63, 3.8) is 0 Å². The molecule has 3 aromatic rings. The third-order valence-corrected chi connectivity index (χ3v) is 7.21. The molecule has 1 heterocycles. The number of amides is 1. The molecule has 1 saturated carbocycles. The summed E-state index contributed by atoms with van der Waals surface area (Å²) in [5.41, 5.74) is 0.991. The first-order valence-electron chi connectivity index (χ1n) is 10.9. The number of halogens is 2. The summed E-state index contributed by atoms with van der Waals surface area (Å²) in [4.78, 5) is 30.3. The maximum Gasteiger partial charge on any atom is 0.266 e. The van der Waals surface area contributed by atoms with Crippen LogP contribution in [0.25, 0.3) is 16.6 Å². The zero-order chi connectivity index (χ0) is 22.5. The topological polar surface area (TPSA) is 64.0 Å². The summed E-state index contributed by atoms with van der Waals surface area (Å²) in [6, 6.07) is 12.6. The summed E-state index contributed by atoms with van der Waals surface area (Å²) in [5.74, 6) is 0.760. The average molecular weight is 490 g/mol. The standard InChI is InChI=1S/C24H25Cl2N3O2S/c25-16-12-13-21(19(26)15-16)29-23(31)18-9-4-5-10-20(18)28-24(29)32-14-6-11-22(30)27-17-7-2-1-3-8-17/h4-5,9-10,12-13,15,17H,1-3,6-8,11,14H2,(H,27,30). The van der Waals surface area contributed by atoms with Crippen molar-refractivity contribution in [2.45, 2.75) is 56.1 Å². The zero-order valence-corrected chi connectivity index (χ0v) is 20.0. The molecule has 8 heteroatoms. The molecular weight excluding hydrogens is 465 g/mol. The number of fused-ring (bicyclic) bond motifs is 1. The molecule has 168 valence electrons. The van der Waals surface area contributed by atoms with Gasteiger partial charge < -0.3 is 5.32 Å². The van der Waals surface area contributed by atoms with E-state index >= 15 is 0 Å². The highest BCUT2D eigenvalue weighted by Crippen LogP contribution is 2.28. The highest BCUT2D eigenvalue weighted by Gasteiger charge is 2.17. The van der Waals surface area contributed by atoms with Gasteiger partial charge in [0.1, 0.15) is 0 Å². The number of rotatable bonds is 7. The largest absolute Gasteiger partial charge is 0.353 e. The minimum Gasteiger partial charge on any atom is -0.353 e. The summed E-state index contributed by atoms with van der Waals surface area (Å²) in [5, 5.41) is 5.10. The Bertz CT molecular complexity index is 1180. The van der Waals surface area contributed by atoms with Crippen LogP contribution in [-0.2, 0) is 4.79 Å². The van der Waals surface area contributed by atoms with E-state index in [0.717, 1.165) is 12.8 Å². The van der Waals surface area contributed by atoms with Crippen LogP contribution in [0, 0.1) is 0 Å². The van der Waals surface area contributed by atoms with Crippen LogP contribution in [0.3, 0.4) is 0 Å². The number of benzene rings is 2. The van der Waals surface area contributed by atoms with Gasteiger partial charge in [-0.2, -0.15) is 0 Å². The van der Waals surface area contributed by atoms with Crippen LogP contribution in [0.1, 0.15) is 44.9 Å². The molecule has 0 unspecified atom stereocenters. The predicted octanol–water partition coefficient (Wildman–Crippen LogP) is 6.01. The van der Waals surface area contributed by atoms with Crippen molar-refractivity contribution >= 4 is 51.8 Å². The second-order valence-corrected chi connectivity index (χ2v) is 9.91. The molecule has 4 rings (SSSR count). The molecule has 0 spiro atoms. The van der Waals surface area contributed by atoms with Gasteiger partial charge in [0.05, 0.1) is 21.6 Å². The van der Waals surface area contributed by atoms with Gasteiger partial charge in [0.15, 0.2) is 5.16 Å². The van der Waals surface area contributed by atoms with E-state index < -0.39 is 0 Å². The van der Waals surface area contributed by atoms with Gasteiger partial charge in [0.25, 0.3) is 5.56 Å². The summed E-state index contributed by atoms with van der Waals surface area (Å²) >= 11 is 13.9. The van der Waals surface area contributed by atoms with Crippen molar-refractivity contribution in [3.8, 4) is 5.69 Å². The highest BCUT2D eigenvalue weighted by molar-refractivity contribution is 7.99. The van der Waals surface area contributed by atoms with E-state index in [1.807, 2.05) is 18.2 Å². The second-order valence-electron chi connectivity index (χ2n) is 8.00. The Kier molecular flexibility index (Phi) is 7.76. The van der Waals surface area contributed by atoms with E-state index in [1.165, 1.54) is 35.6 Å². The molecule has 1 fully saturated rings. The van der Waals surface area contributed by atoms with E-state index in [1.54, 1.807) is 24.3 Å². The molecule has 0 aliphatic heterocycles. The van der Waals surface area contributed by atoms with Gasteiger partial charge in [0.2, 0.25) is 5.91 Å². The van der Waals surface area contributed by atoms with Gasteiger partial charge in [-0.25, -0.2) is 4.98 Å². The fraction of sp³-hybridized carbons (Fsp3) is 0.375. The number of carbonyl (C=O) groups is 1. The number of thioether (sulfide) groups is 1. The molecule has 1 aliphatic carbocycles. The third-order valence-electron chi connectivity index (χ3n) is 5.65. The Labute approximate surface area is 201 Å². The summed E-state index contributed by atoms with van der Waals surface area (Å²) in [6.45, 7) is 0. The molecule has 0 saturated heterocycles. The van der Waals surface area contributed by atoms with Crippen molar-refractivity contribution in [2.24, 2.45) is 0 Å². The third kappa shape index (κ3) is 5.48. The van der Waals surface area contributed by atoms with E-state index in [4.69, 9.17) is 28.2 Å². The molecule has 2 aromatic carbocycles. The van der Waals surface area contributed by atoms with Crippen LogP contribution in [0.4, 0.5) is 0 Å². The maximum absolute atomic E-state index is 13.3. The number of aromatic nitrogens is 2. The van der Waals surface area contributed by atoms with Crippen LogP contribution in [0.5, 0.6) is 0 Å². The summed E-state index contributed by atoms with van der Waals surface area (Å²) in [7, 11) is 0. The lowest BCUT2D eigenvalue weighted by Gasteiger charge is -2.22. The van der Waals surface area contributed by atoms with Gasteiger partial charge in [-0.3, -0.25) is 14.2 Å². The zero-order valence-electron chi connectivity index (χ0n) is 17.7. The number of nitrogens with zero attached hydrogens (tertiary/aromatic N) is 2. The van der Waals surface area contributed by atoms with Crippen molar-refractivity contribution in [1.82, 2.24) is 14.9 Å². The second kappa shape index (κ2) is 10.7. The van der Waals surface area contributed by atoms with Crippen molar-refractivity contribution in [2.75, 3.05) is 5.75 Å². The van der Waals surface area contributed by atoms with Gasteiger partial charge in [-0.15, -0.1) is 0 Å². The van der Waals surface area contributed by atoms with Crippen LogP contribution in [0.15, 0.2) is 52.4 Å². The minimum atomic E-state index is -0.183. The summed E-state index contributed by atoms with van der Waals surface area (Å²) < 4.78 is 1.54. The number of para-hydroxylation sites is 1. The van der Waals surface area contributed by atoms with E-state index in [-0.39, 0.29) is 11.5 Å².